The van der Waals surface area contributed by atoms with Crippen molar-refractivity contribution in [3.63, 3.8) is 0 Å². The molecule has 36 heavy (non-hydrogen) atoms. The second-order valence-electron chi connectivity index (χ2n) is 8.57. The number of rotatable bonds is 17. The van der Waals surface area contributed by atoms with Gasteiger partial charge >= 0.3 is 0 Å². The molecule has 0 spiro atoms. The summed E-state index contributed by atoms with van der Waals surface area (Å²) >= 11 is 0. The van der Waals surface area contributed by atoms with Crippen molar-refractivity contribution in [1.29, 1.82) is 0 Å². The third-order valence-corrected chi connectivity index (χ3v) is 5.44. The molecule has 0 saturated carbocycles. The van der Waals surface area contributed by atoms with Gasteiger partial charge in [0, 0.05) is 12.1 Å². The standard InChI is InChI=1S/C22H33NO.C10H15NO/c1-2-3-4-5-6-7-8-9-10-11-12-13-14-15-16-17-18-19-20-21-22(23)24;1-8(11-2)10(12)9-6-4-3-5-7-9/h10-21H,2-9H2,1H3,(H2,23,24);3-8,10-12H,1-2H3/b11-10+,13-12+,15-14+,17-16+,19-18+,21-20+;/t;8-,10-/m.0/s1. The Hall–Kier alpha value is -2.95. The Morgan fingerprint density at radius 1 is 0.833 bits per heavy atom. The van der Waals surface area contributed by atoms with E-state index >= 15 is 0 Å². The zero-order chi connectivity index (χ0) is 26.7. The third kappa shape index (κ3) is 21.6. The van der Waals surface area contributed by atoms with E-state index in [9.17, 15) is 9.90 Å². The smallest absolute Gasteiger partial charge is 0.241 e. The predicted molar refractivity (Wildman–Crippen MR) is 157 cm³/mol. The van der Waals surface area contributed by atoms with Gasteiger partial charge in [0.25, 0.3) is 0 Å². The number of likely N-dealkylation sites (N-methyl/N-ethyl adjacent to an activating group) is 1. The van der Waals surface area contributed by atoms with Gasteiger partial charge in [0.05, 0.1) is 6.10 Å². The molecular formula is C32H48N2O2. The van der Waals surface area contributed by atoms with E-state index in [4.69, 9.17) is 5.73 Å². The van der Waals surface area contributed by atoms with Crippen molar-refractivity contribution < 1.29 is 9.90 Å². The van der Waals surface area contributed by atoms with E-state index in [1.807, 2.05) is 80.8 Å². The van der Waals surface area contributed by atoms with Crippen LogP contribution in [0.4, 0.5) is 0 Å². The second kappa shape index (κ2) is 25.2. The number of carbonyl (C=O) groups is 1. The van der Waals surface area contributed by atoms with Crippen LogP contribution >= 0.6 is 0 Å². The van der Waals surface area contributed by atoms with Gasteiger partial charge in [-0.05, 0) is 32.4 Å². The molecule has 0 fully saturated rings. The summed E-state index contributed by atoms with van der Waals surface area (Å²) in [5, 5.41) is 12.7. The molecule has 0 aromatic heterocycles. The zero-order valence-electron chi connectivity index (χ0n) is 22.6. The summed E-state index contributed by atoms with van der Waals surface area (Å²) in [6.45, 7) is 4.21. The van der Waals surface area contributed by atoms with Gasteiger partial charge in [-0.25, -0.2) is 0 Å². The first kappa shape index (κ1) is 33.1. The number of hydrogen-bond acceptors (Lipinski definition) is 3. The van der Waals surface area contributed by atoms with Crippen LogP contribution in [0.3, 0.4) is 0 Å². The van der Waals surface area contributed by atoms with Crippen molar-refractivity contribution in [1.82, 2.24) is 5.32 Å². The molecule has 1 rings (SSSR count). The Bertz CT molecular complexity index is 820. The molecule has 4 nitrogen and oxygen atoms in total. The Labute approximate surface area is 220 Å². The van der Waals surface area contributed by atoms with E-state index in [1.165, 1.54) is 57.4 Å². The van der Waals surface area contributed by atoms with Gasteiger partial charge in [0.15, 0.2) is 0 Å². The topological polar surface area (TPSA) is 75.4 Å². The second-order valence-corrected chi connectivity index (χ2v) is 8.57. The summed E-state index contributed by atoms with van der Waals surface area (Å²) in [5.74, 6) is -0.436. The molecule has 0 aliphatic heterocycles. The normalized spacial score (nSPS) is 13.9. The highest BCUT2D eigenvalue weighted by molar-refractivity contribution is 5.85. The monoisotopic (exact) mass is 492 g/mol. The largest absolute Gasteiger partial charge is 0.387 e. The van der Waals surface area contributed by atoms with Crippen LogP contribution in [0.25, 0.3) is 0 Å². The van der Waals surface area contributed by atoms with E-state index < -0.39 is 12.0 Å². The molecule has 0 aliphatic rings. The molecule has 0 bridgehead atoms. The predicted octanol–water partition coefficient (Wildman–Crippen LogP) is 7.28. The quantitative estimate of drug-likeness (QED) is 0.121. The van der Waals surface area contributed by atoms with E-state index in [2.05, 4.69) is 30.5 Å². The van der Waals surface area contributed by atoms with Crippen molar-refractivity contribution in [3.8, 4) is 0 Å². The number of primary amides is 1. The highest BCUT2D eigenvalue weighted by Crippen LogP contribution is 2.15. The number of benzene rings is 1. The molecule has 4 N–H and O–H groups in total. The summed E-state index contributed by atoms with van der Waals surface area (Å²) in [6.07, 6.45) is 33.0. The fourth-order valence-corrected chi connectivity index (χ4v) is 3.15. The lowest BCUT2D eigenvalue weighted by molar-refractivity contribution is -0.113. The van der Waals surface area contributed by atoms with Gasteiger partial charge in [-0.15, -0.1) is 0 Å². The fourth-order valence-electron chi connectivity index (χ4n) is 3.15. The van der Waals surface area contributed by atoms with Crippen LogP contribution in [-0.4, -0.2) is 24.1 Å². The number of aliphatic hydroxyl groups excluding tert-OH is 1. The van der Waals surface area contributed by atoms with Crippen LogP contribution in [0.15, 0.2) is 103 Å². The van der Waals surface area contributed by atoms with Crippen molar-refractivity contribution in [2.45, 2.75) is 77.4 Å². The lowest BCUT2D eigenvalue weighted by Gasteiger charge is -2.17. The minimum Gasteiger partial charge on any atom is -0.387 e. The molecule has 0 unspecified atom stereocenters. The van der Waals surface area contributed by atoms with E-state index in [-0.39, 0.29) is 6.04 Å². The summed E-state index contributed by atoms with van der Waals surface area (Å²) in [7, 11) is 1.84. The average Bonchev–Trinajstić information content (AvgIpc) is 2.89. The Kier molecular flexibility index (Phi) is 23.1. The molecule has 1 amide bonds. The molecule has 1 aromatic carbocycles. The Morgan fingerprint density at radius 2 is 1.33 bits per heavy atom. The fraction of sp³-hybridized carbons (Fsp3) is 0.406. The maximum Gasteiger partial charge on any atom is 0.241 e. The molecule has 2 atom stereocenters. The van der Waals surface area contributed by atoms with Crippen LogP contribution in [-0.2, 0) is 4.79 Å². The Morgan fingerprint density at radius 3 is 1.86 bits per heavy atom. The summed E-state index contributed by atoms with van der Waals surface area (Å²) < 4.78 is 0. The van der Waals surface area contributed by atoms with Gasteiger partial charge in [-0.2, -0.15) is 0 Å². The molecule has 1 aromatic rings. The van der Waals surface area contributed by atoms with Crippen LogP contribution in [0.1, 0.15) is 76.9 Å². The Balaban J connectivity index is 0.000000846. The minimum absolute atomic E-state index is 0.0902. The molecule has 0 aliphatic carbocycles. The van der Waals surface area contributed by atoms with Crippen LogP contribution < -0.4 is 11.1 Å². The minimum atomic E-state index is -0.436. The summed E-state index contributed by atoms with van der Waals surface area (Å²) in [4.78, 5) is 10.4. The van der Waals surface area contributed by atoms with Gasteiger partial charge < -0.3 is 16.2 Å². The van der Waals surface area contributed by atoms with Crippen LogP contribution in [0.2, 0.25) is 0 Å². The van der Waals surface area contributed by atoms with Crippen LogP contribution in [0, 0.1) is 0 Å². The number of nitrogens with two attached hydrogens (primary N) is 1. The number of nitrogens with one attached hydrogen (secondary N) is 1. The number of allylic oxidation sites excluding steroid dienone is 11. The maximum atomic E-state index is 10.4. The van der Waals surface area contributed by atoms with Gasteiger partial charge in [-0.1, -0.05) is 143 Å². The first-order valence-corrected chi connectivity index (χ1v) is 13.2. The molecular weight excluding hydrogens is 444 g/mol. The first-order valence-electron chi connectivity index (χ1n) is 13.2. The molecule has 0 saturated heterocycles. The molecule has 0 radical (unpaired) electrons. The van der Waals surface area contributed by atoms with Crippen molar-refractivity contribution in [2.24, 2.45) is 5.73 Å². The van der Waals surface area contributed by atoms with Crippen LogP contribution in [0.5, 0.6) is 0 Å². The molecule has 0 heterocycles. The number of carbonyl (C=O) groups excluding carboxylic acids is 1. The van der Waals surface area contributed by atoms with Crippen molar-refractivity contribution in [2.75, 3.05) is 7.05 Å². The molecule has 198 valence electrons. The van der Waals surface area contributed by atoms with E-state index in [0.29, 0.717) is 0 Å². The number of amides is 1. The van der Waals surface area contributed by atoms with E-state index in [1.54, 1.807) is 12.2 Å². The van der Waals surface area contributed by atoms with Gasteiger partial charge in [-0.3, -0.25) is 4.79 Å². The summed E-state index contributed by atoms with van der Waals surface area (Å²) in [5.41, 5.74) is 5.92. The maximum absolute atomic E-state index is 10.4. The average molecular weight is 493 g/mol. The van der Waals surface area contributed by atoms with Gasteiger partial charge in [0.1, 0.15) is 0 Å². The number of aliphatic hydroxyl groups is 1. The lowest BCUT2D eigenvalue weighted by Crippen LogP contribution is -2.28. The zero-order valence-corrected chi connectivity index (χ0v) is 22.6. The number of unbranched alkanes of at least 4 members (excludes halogenated alkanes) is 7. The number of hydrogen-bond donors (Lipinski definition) is 3. The van der Waals surface area contributed by atoms with Crippen molar-refractivity contribution >= 4 is 5.91 Å². The van der Waals surface area contributed by atoms with Crippen molar-refractivity contribution in [3.05, 3.63) is 109 Å². The summed E-state index contributed by atoms with van der Waals surface area (Å²) in [6, 6.07) is 9.76. The highest BCUT2D eigenvalue weighted by Gasteiger charge is 2.12. The molecule has 4 heteroatoms. The third-order valence-electron chi connectivity index (χ3n) is 5.44. The SMILES string of the molecule is CCCCCCCCC/C=C/C=C/C=C/C=C/C=C/C=C/C(N)=O.CN[C@@H](C)[C@H](O)c1ccccc1. The first-order chi connectivity index (χ1) is 17.5. The van der Waals surface area contributed by atoms with Gasteiger partial charge in [0.2, 0.25) is 5.91 Å². The lowest BCUT2D eigenvalue weighted by atomic mass is 10.0. The highest BCUT2D eigenvalue weighted by atomic mass is 16.3. The van der Waals surface area contributed by atoms with E-state index in [0.717, 1.165) is 5.56 Å².